The molecule has 0 saturated carbocycles. The summed E-state index contributed by atoms with van der Waals surface area (Å²) >= 11 is 0. The number of hydrogen-bond acceptors (Lipinski definition) is 9. The zero-order valence-corrected chi connectivity index (χ0v) is 31.0. The lowest BCUT2D eigenvalue weighted by Crippen LogP contribution is -2.34. The third kappa shape index (κ3) is 10.1. The highest BCUT2D eigenvalue weighted by Gasteiger charge is 2.21. The summed E-state index contributed by atoms with van der Waals surface area (Å²) in [4.78, 5) is 29.3. The molecule has 0 amide bonds. The molecule has 0 radical (unpaired) electrons. The van der Waals surface area contributed by atoms with Gasteiger partial charge in [-0.15, -0.1) is 0 Å². The third-order valence-electron chi connectivity index (χ3n) is 8.57. The minimum atomic E-state index is -3.41. The van der Waals surface area contributed by atoms with Crippen LogP contribution in [0.5, 0.6) is 23.0 Å². The van der Waals surface area contributed by atoms with Gasteiger partial charge in [0.15, 0.2) is 0 Å². The number of ether oxygens (including phenoxy) is 4. The monoisotopic (exact) mass is 726 g/mol. The van der Waals surface area contributed by atoms with Crippen molar-refractivity contribution < 1.29 is 37.0 Å². The van der Waals surface area contributed by atoms with Gasteiger partial charge >= 0.3 is 11.9 Å². The van der Waals surface area contributed by atoms with Crippen LogP contribution in [0, 0.1) is 0 Å². The molecule has 0 heterocycles. The first-order valence-electron chi connectivity index (χ1n) is 17.6. The highest BCUT2D eigenvalue weighted by molar-refractivity contribution is 7.88. The quantitative estimate of drug-likeness (QED) is 0.0666. The second-order valence-corrected chi connectivity index (χ2v) is 14.4. The zero-order valence-electron chi connectivity index (χ0n) is 30.2. The van der Waals surface area contributed by atoms with Crippen molar-refractivity contribution >= 4 is 43.5 Å². The maximum atomic E-state index is 13.5. The molecule has 0 atom stereocenters. The summed E-state index contributed by atoms with van der Waals surface area (Å²) < 4.78 is 49.3. The second kappa shape index (κ2) is 18.0. The molecule has 0 fully saturated rings. The molecule has 11 heteroatoms. The van der Waals surface area contributed by atoms with Crippen LogP contribution in [0.4, 0.5) is 0 Å². The van der Waals surface area contributed by atoms with E-state index >= 15 is 0 Å². The van der Waals surface area contributed by atoms with E-state index in [0.717, 1.165) is 47.6 Å². The Labute approximate surface area is 305 Å². The van der Waals surface area contributed by atoms with E-state index in [1.54, 1.807) is 42.5 Å². The van der Waals surface area contributed by atoms with Gasteiger partial charge in [0, 0.05) is 19.6 Å². The lowest BCUT2D eigenvalue weighted by molar-refractivity contribution is 0.0714. The van der Waals surface area contributed by atoms with Crippen LogP contribution in [0.25, 0.3) is 21.5 Å². The summed E-state index contributed by atoms with van der Waals surface area (Å²) in [6.07, 6.45) is 2.87. The van der Waals surface area contributed by atoms with Gasteiger partial charge in [-0.1, -0.05) is 69.3 Å². The molecule has 0 spiro atoms. The second-order valence-electron chi connectivity index (χ2n) is 12.4. The van der Waals surface area contributed by atoms with Crippen molar-refractivity contribution in [2.24, 2.45) is 0 Å². The number of rotatable bonds is 18. The van der Waals surface area contributed by atoms with Crippen molar-refractivity contribution in [1.82, 2.24) is 9.21 Å². The van der Waals surface area contributed by atoms with Crippen molar-refractivity contribution in [3.05, 3.63) is 108 Å². The SMILES string of the molecule is CCCN(CC)CCOc1cc2ccccc2cc1C(=O)Oc1ccc(OC(=O)c2cc3ccccc3cc2OCCN(CCC)S(C)(=O)=O)cc1. The largest absolute Gasteiger partial charge is 0.491 e. The number of sulfonamides is 1. The van der Waals surface area contributed by atoms with Gasteiger partial charge in [0.2, 0.25) is 10.0 Å². The Bertz CT molecular complexity index is 2100. The van der Waals surface area contributed by atoms with Gasteiger partial charge in [0.05, 0.1) is 6.26 Å². The Morgan fingerprint density at radius 3 is 1.40 bits per heavy atom. The maximum absolute atomic E-state index is 13.5. The summed E-state index contributed by atoms with van der Waals surface area (Å²) in [6.45, 7) is 9.76. The van der Waals surface area contributed by atoms with Gasteiger partial charge in [0.1, 0.15) is 47.3 Å². The van der Waals surface area contributed by atoms with Crippen molar-refractivity contribution in [2.45, 2.75) is 33.6 Å². The first-order valence-corrected chi connectivity index (χ1v) is 19.5. The van der Waals surface area contributed by atoms with Gasteiger partial charge < -0.3 is 23.8 Å². The lowest BCUT2D eigenvalue weighted by Gasteiger charge is -2.20. The summed E-state index contributed by atoms with van der Waals surface area (Å²) in [7, 11) is -3.41. The fourth-order valence-corrected chi connectivity index (χ4v) is 6.80. The molecule has 0 N–H and O–H groups in total. The smallest absolute Gasteiger partial charge is 0.347 e. The van der Waals surface area contributed by atoms with E-state index in [1.165, 1.54) is 10.6 Å². The van der Waals surface area contributed by atoms with Crippen molar-refractivity contribution in [3.63, 3.8) is 0 Å². The van der Waals surface area contributed by atoms with Crippen molar-refractivity contribution in [3.8, 4) is 23.0 Å². The maximum Gasteiger partial charge on any atom is 0.347 e. The average molecular weight is 727 g/mol. The van der Waals surface area contributed by atoms with Crippen LogP contribution in [0.2, 0.25) is 0 Å². The minimum Gasteiger partial charge on any atom is -0.491 e. The highest BCUT2D eigenvalue weighted by atomic mass is 32.2. The molecule has 0 aliphatic rings. The number of carbonyl (C=O) groups excluding carboxylic acids is 2. The molecule has 5 aromatic carbocycles. The average Bonchev–Trinajstić information content (AvgIpc) is 3.13. The summed E-state index contributed by atoms with van der Waals surface area (Å²) in [5, 5.41) is 3.51. The number of likely N-dealkylation sites (N-methyl/N-ethyl adjacent to an activating group) is 1. The van der Waals surface area contributed by atoms with E-state index in [1.807, 2.05) is 61.5 Å². The van der Waals surface area contributed by atoms with E-state index in [-0.39, 0.29) is 36.0 Å². The van der Waals surface area contributed by atoms with Crippen molar-refractivity contribution in [1.29, 1.82) is 0 Å². The Kier molecular flexibility index (Phi) is 13.2. The zero-order chi connectivity index (χ0) is 37.1. The predicted octanol–water partition coefficient (Wildman–Crippen LogP) is 7.59. The van der Waals surface area contributed by atoms with Crippen molar-refractivity contribution in [2.75, 3.05) is 52.2 Å². The lowest BCUT2D eigenvalue weighted by atomic mass is 10.1. The predicted molar refractivity (Wildman–Crippen MR) is 204 cm³/mol. The fourth-order valence-electron chi connectivity index (χ4n) is 5.88. The number of carbonyl (C=O) groups is 2. The van der Waals surface area contributed by atoms with Crippen LogP contribution in [0.3, 0.4) is 0 Å². The van der Waals surface area contributed by atoms with Gasteiger partial charge in [-0.3, -0.25) is 0 Å². The first kappa shape index (κ1) is 38.3. The minimum absolute atomic E-state index is 0.0474. The summed E-state index contributed by atoms with van der Waals surface area (Å²) in [5.41, 5.74) is 0.502. The molecular formula is C41H46N2O8S. The topological polar surface area (TPSA) is 112 Å². The highest BCUT2D eigenvalue weighted by Crippen LogP contribution is 2.30. The van der Waals surface area contributed by atoms with E-state index in [2.05, 4.69) is 18.7 Å². The van der Waals surface area contributed by atoms with Crippen LogP contribution in [-0.2, 0) is 10.0 Å². The molecule has 274 valence electrons. The van der Waals surface area contributed by atoms with E-state index in [0.29, 0.717) is 30.9 Å². The summed E-state index contributed by atoms with van der Waals surface area (Å²) in [5.74, 6) is -0.00102. The van der Waals surface area contributed by atoms with Gasteiger partial charge in [0.25, 0.3) is 0 Å². The van der Waals surface area contributed by atoms with Crippen LogP contribution in [0.1, 0.15) is 54.3 Å². The molecule has 0 bridgehead atoms. The summed E-state index contributed by atoms with van der Waals surface area (Å²) in [6, 6.07) is 28.6. The van der Waals surface area contributed by atoms with Crippen LogP contribution < -0.4 is 18.9 Å². The number of hydrogen-bond donors (Lipinski definition) is 0. The number of benzene rings is 5. The standard InChI is InChI=1S/C41H46N2O8S/c1-5-20-42(7-3)22-24-48-38-28-32-14-10-8-12-30(32)26-36(38)40(44)50-34-16-18-35(19-17-34)51-41(45)37-27-31-13-9-11-15-33(31)29-39(37)49-25-23-43(21-6-2)52(4,46)47/h8-19,26-29H,5-7,20-25H2,1-4H3. The van der Waals surface area contributed by atoms with E-state index < -0.39 is 22.0 Å². The van der Waals surface area contributed by atoms with E-state index in [9.17, 15) is 18.0 Å². The number of fused-ring (bicyclic) bond motifs is 2. The Morgan fingerprint density at radius 1 is 0.577 bits per heavy atom. The molecule has 0 unspecified atom stereocenters. The molecule has 0 aliphatic carbocycles. The normalized spacial score (nSPS) is 11.7. The molecular weight excluding hydrogens is 681 g/mol. The third-order valence-corrected chi connectivity index (χ3v) is 9.88. The van der Waals surface area contributed by atoms with E-state index in [4.69, 9.17) is 18.9 Å². The molecule has 5 rings (SSSR count). The van der Waals surface area contributed by atoms with Gasteiger partial charge in [-0.05, 0) is 96.0 Å². The molecule has 0 aromatic heterocycles. The fraction of sp³-hybridized carbons (Fsp3) is 0.317. The van der Waals surface area contributed by atoms with Crippen LogP contribution in [0.15, 0.2) is 97.1 Å². The van der Waals surface area contributed by atoms with Crippen LogP contribution >= 0.6 is 0 Å². The Hall–Kier alpha value is -4.97. The van der Waals surface area contributed by atoms with Crippen LogP contribution in [-0.4, -0.2) is 81.8 Å². The van der Waals surface area contributed by atoms with Gasteiger partial charge in [-0.2, -0.15) is 4.31 Å². The first-order chi connectivity index (χ1) is 25.1. The molecule has 5 aromatic rings. The van der Waals surface area contributed by atoms with Gasteiger partial charge in [-0.25, -0.2) is 18.0 Å². The Balaban J connectivity index is 1.29. The molecule has 52 heavy (non-hydrogen) atoms. The number of esters is 2. The molecule has 10 nitrogen and oxygen atoms in total. The Morgan fingerprint density at radius 2 is 1.00 bits per heavy atom. The molecule has 0 aliphatic heterocycles. The number of nitrogens with zero attached hydrogens (tertiary/aromatic N) is 2. The molecule has 0 saturated heterocycles.